The predicted molar refractivity (Wildman–Crippen MR) is 81.3 cm³/mol. The summed E-state index contributed by atoms with van der Waals surface area (Å²) in [4.78, 5) is 14.5. The summed E-state index contributed by atoms with van der Waals surface area (Å²) in [6.45, 7) is 0.307. The van der Waals surface area contributed by atoms with E-state index in [1.807, 2.05) is 36.2 Å². The molecule has 106 valence electrons. The molecule has 0 radical (unpaired) electrons. The fraction of sp³-hybridized carbons (Fsp3) is 0.471. The van der Waals surface area contributed by atoms with Crippen LogP contribution >= 0.6 is 0 Å². The lowest BCUT2D eigenvalue weighted by Crippen LogP contribution is -2.38. The average molecular weight is 270 g/mol. The minimum Gasteiger partial charge on any atom is -0.339 e. The van der Waals surface area contributed by atoms with E-state index in [0.29, 0.717) is 18.2 Å². The van der Waals surface area contributed by atoms with E-state index in [-0.39, 0.29) is 5.91 Å². The highest BCUT2D eigenvalue weighted by atomic mass is 16.2. The number of hydrogen-bond acceptors (Lipinski definition) is 2. The van der Waals surface area contributed by atoms with Gasteiger partial charge in [0.2, 0.25) is 0 Å². The van der Waals surface area contributed by atoms with Crippen molar-refractivity contribution >= 4 is 5.91 Å². The minimum absolute atomic E-state index is 0.0684. The molecule has 0 aromatic heterocycles. The van der Waals surface area contributed by atoms with E-state index in [2.05, 4.69) is 11.8 Å². The van der Waals surface area contributed by atoms with E-state index >= 15 is 0 Å². The fourth-order valence-corrected chi connectivity index (χ4v) is 2.75. The molecule has 1 amide bonds. The maximum atomic E-state index is 12.7. The summed E-state index contributed by atoms with van der Waals surface area (Å²) in [5.41, 5.74) is 6.86. The summed E-state index contributed by atoms with van der Waals surface area (Å²) >= 11 is 0. The Morgan fingerprint density at radius 3 is 2.70 bits per heavy atom. The molecule has 1 aromatic rings. The van der Waals surface area contributed by atoms with Gasteiger partial charge in [-0.3, -0.25) is 4.79 Å². The van der Waals surface area contributed by atoms with Crippen molar-refractivity contribution < 1.29 is 4.79 Å². The van der Waals surface area contributed by atoms with Crippen LogP contribution in [0.1, 0.15) is 48.0 Å². The molecule has 20 heavy (non-hydrogen) atoms. The summed E-state index contributed by atoms with van der Waals surface area (Å²) in [5, 5.41) is 0. The maximum Gasteiger partial charge on any atom is 0.255 e. The molecule has 1 aliphatic carbocycles. The molecular formula is C17H22N2O. The third-order valence-corrected chi connectivity index (χ3v) is 3.93. The smallest absolute Gasteiger partial charge is 0.255 e. The Morgan fingerprint density at radius 1 is 1.30 bits per heavy atom. The summed E-state index contributed by atoms with van der Waals surface area (Å²) in [7, 11) is 1.91. The van der Waals surface area contributed by atoms with Gasteiger partial charge in [0.05, 0.1) is 12.1 Å². The Hall–Kier alpha value is -1.79. The largest absolute Gasteiger partial charge is 0.339 e. The quantitative estimate of drug-likeness (QED) is 0.839. The maximum absolute atomic E-state index is 12.7. The van der Waals surface area contributed by atoms with Crippen LogP contribution < -0.4 is 5.73 Å². The highest BCUT2D eigenvalue weighted by molar-refractivity contribution is 5.96. The Balaban J connectivity index is 2.19. The standard InChI is InChI=1S/C17H22N2O/c1-19(15-10-3-2-4-11-15)17(20)16-12-6-5-8-14(16)9-7-13-18/h5-6,8,12,15H,2-4,10-11,13,18H2,1H3. The zero-order valence-corrected chi connectivity index (χ0v) is 12.1. The molecule has 0 spiro atoms. The minimum atomic E-state index is 0.0684. The summed E-state index contributed by atoms with van der Waals surface area (Å²) in [6, 6.07) is 7.88. The SMILES string of the molecule is CN(C(=O)c1ccccc1C#CCN)C1CCCCC1. The van der Waals surface area contributed by atoms with Gasteiger partial charge >= 0.3 is 0 Å². The topological polar surface area (TPSA) is 46.3 Å². The molecule has 3 heteroatoms. The van der Waals surface area contributed by atoms with Crippen LogP contribution in [0.25, 0.3) is 0 Å². The van der Waals surface area contributed by atoms with E-state index in [0.717, 1.165) is 18.4 Å². The predicted octanol–water partition coefficient (Wildman–Crippen LogP) is 2.40. The van der Waals surface area contributed by atoms with Crippen LogP contribution in [-0.2, 0) is 0 Å². The van der Waals surface area contributed by atoms with E-state index in [9.17, 15) is 4.79 Å². The number of rotatable bonds is 2. The molecule has 0 bridgehead atoms. The molecule has 1 saturated carbocycles. The van der Waals surface area contributed by atoms with E-state index in [1.54, 1.807) is 0 Å². The first-order chi connectivity index (χ1) is 9.74. The van der Waals surface area contributed by atoms with Gasteiger partial charge in [0.1, 0.15) is 0 Å². The molecule has 3 nitrogen and oxygen atoms in total. The monoisotopic (exact) mass is 270 g/mol. The summed E-state index contributed by atoms with van der Waals surface area (Å²) in [6.07, 6.45) is 5.95. The third kappa shape index (κ3) is 3.40. The lowest BCUT2D eigenvalue weighted by Gasteiger charge is -2.31. The van der Waals surface area contributed by atoms with Crippen molar-refractivity contribution in [3.63, 3.8) is 0 Å². The Bertz CT molecular complexity index is 521. The van der Waals surface area contributed by atoms with Gasteiger partial charge in [0, 0.05) is 18.7 Å². The van der Waals surface area contributed by atoms with Gasteiger partial charge in [0.15, 0.2) is 0 Å². The van der Waals surface area contributed by atoms with Crippen molar-refractivity contribution in [2.75, 3.05) is 13.6 Å². The first-order valence-corrected chi connectivity index (χ1v) is 7.29. The van der Waals surface area contributed by atoms with Crippen LogP contribution in [0.3, 0.4) is 0 Å². The van der Waals surface area contributed by atoms with Gasteiger partial charge in [-0.2, -0.15) is 0 Å². The second-order valence-corrected chi connectivity index (χ2v) is 5.26. The van der Waals surface area contributed by atoms with Crippen LogP contribution in [0.4, 0.5) is 0 Å². The number of amides is 1. The highest BCUT2D eigenvalue weighted by Crippen LogP contribution is 2.23. The zero-order valence-electron chi connectivity index (χ0n) is 12.1. The van der Waals surface area contributed by atoms with Gasteiger partial charge in [0.25, 0.3) is 5.91 Å². The molecule has 0 aliphatic heterocycles. The van der Waals surface area contributed by atoms with Crippen molar-refractivity contribution in [2.45, 2.75) is 38.1 Å². The molecule has 0 saturated heterocycles. The van der Waals surface area contributed by atoms with Gasteiger partial charge < -0.3 is 10.6 Å². The highest BCUT2D eigenvalue weighted by Gasteiger charge is 2.23. The average Bonchev–Trinajstić information content (AvgIpc) is 2.52. The van der Waals surface area contributed by atoms with Gasteiger partial charge in [-0.1, -0.05) is 43.2 Å². The second-order valence-electron chi connectivity index (χ2n) is 5.26. The Labute approximate surface area is 121 Å². The van der Waals surface area contributed by atoms with Crippen molar-refractivity contribution in [1.82, 2.24) is 4.90 Å². The summed E-state index contributed by atoms with van der Waals surface area (Å²) < 4.78 is 0. The van der Waals surface area contributed by atoms with Crippen molar-refractivity contribution in [3.8, 4) is 11.8 Å². The normalized spacial score (nSPS) is 15.3. The number of hydrogen-bond donors (Lipinski definition) is 1. The molecule has 0 atom stereocenters. The first-order valence-electron chi connectivity index (χ1n) is 7.29. The number of benzene rings is 1. The number of nitrogens with zero attached hydrogens (tertiary/aromatic N) is 1. The summed E-state index contributed by atoms with van der Waals surface area (Å²) in [5.74, 6) is 5.88. The molecule has 1 aliphatic rings. The van der Waals surface area contributed by atoms with Crippen molar-refractivity contribution in [3.05, 3.63) is 35.4 Å². The number of carbonyl (C=O) groups excluding carboxylic acids is 1. The van der Waals surface area contributed by atoms with Crippen LogP contribution in [0.5, 0.6) is 0 Å². The fourth-order valence-electron chi connectivity index (χ4n) is 2.75. The Morgan fingerprint density at radius 2 is 2.00 bits per heavy atom. The second kappa shape index (κ2) is 7.12. The number of nitrogens with two attached hydrogens (primary N) is 1. The van der Waals surface area contributed by atoms with Gasteiger partial charge in [-0.05, 0) is 25.0 Å². The first kappa shape index (κ1) is 14.6. The molecule has 2 N–H and O–H groups in total. The van der Waals surface area contributed by atoms with Crippen molar-refractivity contribution in [1.29, 1.82) is 0 Å². The number of carbonyl (C=O) groups is 1. The van der Waals surface area contributed by atoms with E-state index < -0.39 is 0 Å². The molecule has 2 rings (SSSR count). The van der Waals surface area contributed by atoms with Crippen LogP contribution in [0.15, 0.2) is 24.3 Å². The third-order valence-electron chi connectivity index (χ3n) is 3.93. The van der Waals surface area contributed by atoms with Gasteiger partial charge in [-0.25, -0.2) is 0 Å². The van der Waals surface area contributed by atoms with E-state index in [1.165, 1.54) is 19.3 Å². The van der Waals surface area contributed by atoms with Crippen molar-refractivity contribution in [2.24, 2.45) is 5.73 Å². The zero-order chi connectivity index (χ0) is 14.4. The van der Waals surface area contributed by atoms with Crippen LogP contribution in [-0.4, -0.2) is 30.4 Å². The lowest BCUT2D eigenvalue weighted by atomic mass is 9.94. The van der Waals surface area contributed by atoms with Crippen LogP contribution in [0.2, 0.25) is 0 Å². The molecule has 1 fully saturated rings. The molecule has 1 aromatic carbocycles. The Kier molecular flexibility index (Phi) is 5.20. The lowest BCUT2D eigenvalue weighted by molar-refractivity contribution is 0.0696. The molecule has 0 unspecified atom stereocenters. The molecular weight excluding hydrogens is 248 g/mol. The van der Waals surface area contributed by atoms with E-state index in [4.69, 9.17) is 5.73 Å². The van der Waals surface area contributed by atoms with Gasteiger partial charge in [-0.15, -0.1) is 0 Å². The van der Waals surface area contributed by atoms with Crippen LogP contribution in [0, 0.1) is 11.8 Å². The molecule has 0 heterocycles.